The van der Waals surface area contributed by atoms with Gasteiger partial charge in [0.25, 0.3) is 0 Å². The van der Waals surface area contributed by atoms with E-state index in [-0.39, 0.29) is 5.88 Å². The highest BCUT2D eigenvalue weighted by Crippen LogP contribution is 2.28. The lowest BCUT2D eigenvalue weighted by Gasteiger charge is -2.31. The second-order valence-electron chi connectivity index (χ2n) is 6.22. The highest BCUT2D eigenvalue weighted by molar-refractivity contribution is 5.17. The van der Waals surface area contributed by atoms with Crippen molar-refractivity contribution >= 4 is 0 Å². The Bertz CT molecular complexity index is 652. The monoisotopic (exact) mass is 354 g/mol. The maximum absolute atomic E-state index is 12.7. The summed E-state index contributed by atoms with van der Waals surface area (Å²) >= 11 is 0. The normalized spacial score (nSPS) is 16.9. The van der Waals surface area contributed by atoms with Crippen molar-refractivity contribution in [3.63, 3.8) is 0 Å². The third-order valence-corrected chi connectivity index (χ3v) is 4.39. The minimum Gasteiger partial charge on any atom is -0.477 e. The van der Waals surface area contributed by atoms with Gasteiger partial charge in [0.15, 0.2) is 0 Å². The van der Waals surface area contributed by atoms with Gasteiger partial charge in [-0.2, -0.15) is 18.3 Å². The van der Waals surface area contributed by atoms with Crippen molar-refractivity contribution in [3.05, 3.63) is 42.4 Å². The highest BCUT2D eigenvalue weighted by Gasteiger charge is 2.32. The lowest BCUT2D eigenvalue weighted by Crippen LogP contribution is -2.37. The molecule has 25 heavy (non-hydrogen) atoms. The van der Waals surface area contributed by atoms with E-state index in [9.17, 15) is 13.2 Å². The fraction of sp³-hybridized carbons (Fsp3) is 0.529. The van der Waals surface area contributed by atoms with Crippen molar-refractivity contribution < 1.29 is 17.9 Å². The van der Waals surface area contributed by atoms with Gasteiger partial charge in [0.05, 0.1) is 13.2 Å². The Labute approximate surface area is 144 Å². The second kappa shape index (κ2) is 7.86. The topological polar surface area (TPSA) is 43.2 Å². The number of piperidine rings is 1. The van der Waals surface area contributed by atoms with E-state index in [0.29, 0.717) is 12.5 Å². The molecule has 0 amide bonds. The summed E-state index contributed by atoms with van der Waals surface area (Å²) in [5, 5.41) is 4.19. The van der Waals surface area contributed by atoms with Crippen LogP contribution in [-0.4, -0.2) is 45.9 Å². The molecule has 136 valence electrons. The molecule has 0 aromatic carbocycles. The van der Waals surface area contributed by atoms with Crippen LogP contribution in [0.2, 0.25) is 0 Å². The van der Waals surface area contributed by atoms with Crippen LogP contribution in [0.15, 0.2) is 36.7 Å². The van der Waals surface area contributed by atoms with Gasteiger partial charge in [-0.1, -0.05) is 6.07 Å². The molecule has 0 N–H and O–H groups in total. The molecule has 2 aromatic heterocycles. The molecular formula is C17H21F3N4O. The van der Waals surface area contributed by atoms with Crippen molar-refractivity contribution in [2.45, 2.75) is 25.6 Å². The number of hydrogen-bond acceptors (Lipinski definition) is 4. The average Bonchev–Trinajstić information content (AvgIpc) is 3.12. The zero-order valence-electron chi connectivity index (χ0n) is 13.8. The Kier molecular flexibility index (Phi) is 5.57. The zero-order valence-corrected chi connectivity index (χ0v) is 13.8. The van der Waals surface area contributed by atoms with Crippen LogP contribution < -0.4 is 4.74 Å². The van der Waals surface area contributed by atoms with Crippen LogP contribution in [0, 0.1) is 5.92 Å². The number of pyridine rings is 1. The molecule has 0 radical (unpaired) electrons. The van der Waals surface area contributed by atoms with E-state index >= 15 is 0 Å². The summed E-state index contributed by atoms with van der Waals surface area (Å²) in [5.74, 6) is 0.383. The zero-order chi connectivity index (χ0) is 17.7. The summed E-state index contributed by atoms with van der Waals surface area (Å²) in [4.78, 5) is 5.91. The quantitative estimate of drug-likeness (QED) is 0.800. The van der Waals surface area contributed by atoms with E-state index in [1.807, 2.05) is 16.9 Å². The maximum atomic E-state index is 12.7. The van der Waals surface area contributed by atoms with Gasteiger partial charge < -0.3 is 9.64 Å². The molecule has 3 rings (SSSR count). The summed E-state index contributed by atoms with van der Waals surface area (Å²) in [5.41, 5.74) is -0.918. The molecule has 0 saturated carbocycles. The van der Waals surface area contributed by atoms with Crippen LogP contribution in [0.4, 0.5) is 13.2 Å². The molecule has 2 aromatic rings. The average molecular weight is 354 g/mol. The first-order chi connectivity index (χ1) is 12.0. The lowest BCUT2D eigenvalue weighted by molar-refractivity contribution is -0.141. The predicted molar refractivity (Wildman–Crippen MR) is 86.1 cm³/mol. The Hall–Kier alpha value is -2.09. The van der Waals surface area contributed by atoms with Gasteiger partial charge in [0.1, 0.15) is 5.69 Å². The number of nitrogens with zero attached hydrogens (tertiary/aromatic N) is 4. The molecule has 1 aliphatic rings. The van der Waals surface area contributed by atoms with Crippen LogP contribution >= 0.6 is 0 Å². The van der Waals surface area contributed by atoms with E-state index in [1.54, 1.807) is 6.20 Å². The van der Waals surface area contributed by atoms with Gasteiger partial charge in [-0.05, 0) is 44.0 Å². The summed E-state index contributed by atoms with van der Waals surface area (Å²) in [7, 11) is 0. The van der Waals surface area contributed by atoms with Gasteiger partial charge in [0, 0.05) is 25.0 Å². The molecule has 0 spiro atoms. The van der Waals surface area contributed by atoms with Crippen LogP contribution in [0.1, 0.15) is 18.5 Å². The molecule has 5 nitrogen and oxygen atoms in total. The Morgan fingerprint density at radius 3 is 2.60 bits per heavy atom. The van der Waals surface area contributed by atoms with Crippen molar-refractivity contribution in [2.75, 3.05) is 26.2 Å². The molecule has 3 heterocycles. The molecule has 8 heteroatoms. The van der Waals surface area contributed by atoms with Crippen molar-refractivity contribution in [1.82, 2.24) is 19.7 Å². The third-order valence-electron chi connectivity index (χ3n) is 4.39. The molecule has 0 bridgehead atoms. The number of likely N-dealkylation sites (tertiary alicyclic amines) is 1. The van der Waals surface area contributed by atoms with Crippen LogP contribution in [0.3, 0.4) is 0 Å². The van der Waals surface area contributed by atoms with Gasteiger partial charge in [-0.15, -0.1) is 0 Å². The molecular weight excluding hydrogens is 333 g/mol. The van der Waals surface area contributed by atoms with Crippen molar-refractivity contribution in [1.29, 1.82) is 0 Å². The fourth-order valence-corrected chi connectivity index (χ4v) is 2.91. The number of aromatic nitrogens is 3. The largest absolute Gasteiger partial charge is 0.477 e. The Morgan fingerprint density at radius 1 is 1.12 bits per heavy atom. The third kappa shape index (κ3) is 5.19. The van der Waals surface area contributed by atoms with Gasteiger partial charge >= 0.3 is 6.18 Å². The summed E-state index contributed by atoms with van der Waals surface area (Å²) < 4.78 is 45.4. The lowest BCUT2D eigenvalue weighted by atomic mass is 9.98. The fourth-order valence-electron chi connectivity index (χ4n) is 2.91. The molecule has 0 aliphatic carbocycles. The van der Waals surface area contributed by atoms with Crippen molar-refractivity contribution in [2.24, 2.45) is 5.92 Å². The van der Waals surface area contributed by atoms with Crippen LogP contribution in [0.25, 0.3) is 0 Å². The molecule has 1 fully saturated rings. The van der Waals surface area contributed by atoms with E-state index in [4.69, 9.17) is 4.74 Å². The maximum Gasteiger partial charge on any atom is 0.433 e. The number of rotatable bonds is 6. The SMILES string of the molecule is FC(F)(F)c1cccc(OCC2CCN(CCn3cccn3)CC2)n1. The number of ether oxygens (including phenoxy) is 1. The Balaban J connectivity index is 1.40. The van der Waals surface area contributed by atoms with Crippen molar-refractivity contribution in [3.8, 4) is 5.88 Å². The van der Waals surface area contributed by atoms with Gasteiger partial charge in [-0.3, -0.25) is 4.68 Å². The number of alkyl halides is 3. The summed E-state index contributed by atoms with van der Waals surface area (Å²) in [6.45, 7) is 4.14. The van der Waals surface area contributed by atoms with Gasteiger partial charge in [0.2, 0.25) is 5.88 Å². The summed E-state index contributed by atoms with van der Waals surface area (Å²) in [6.07, 6.45) is 1.21. The predicted octanol–water partition coefficient (Wildman–Crippen LogP) is 3.09. The standard InChI is InChI=1S/C17H21F3N4O/c18-17(19,20)15-3-1-4-16(22-15)25-13-14-5-9-23(10-6-14)11-12-24-8-2-7-21-24/h1-4,7-8,14H,5-6,9-13H2. The van der Waals surface area contributed by atoms with E-state index < -0.39 is 11.9 Å². The van der Waals surface area contributed by atoms with Crippen LogP contribution in [0.5, 0.6) is 5.88 Å². The minimum atomic E-state index is -4.45. The molecule has 0 unspecified atom stereocenters. The van der Waals surface area contributed by atoms with E-state index in [1.165, 1.54) is 12.1 Å². The smallest absolute Gasteiger partial charge is 0.433 e. The van der Waals surface area contributed by atoms with E-state index in [2.05, 4.69) is 15.0 Å². The van der Waals surface area contributed by atoms with Crippen LogP contribution in [-0.2, 0) is 12.7 Å². The van der Waals surface area contributed by atoms with Gasteiger partial charge in [-0.25, -0.2) is 4.98 Å². The first-order valence-corrected chi connectivity index (χ1v) is 8.37. The molecule has 1 aliphatic heterocycles. The highest BCUT2D eigenvalue weighted by atomic mass is 19.4. The molecule has 0 atom stereocenters. The van der Waals surface area contributed by atoms with E-state index in [0.717, 1.165) is 45.1 Å². The number of hydrogen-bond donors (Lipinski definition) is 0. The number of halogens is 3. The first kappa shape index (κ1) is 17.7. The first-order valence-electron chi connectivity index (χ1n) is 8.37. The summed E-state index contributed by atoms with van der Waals surface area (Å²) in [6, 6.07) is 5.65. The molecule has 1 saturated heterocycles. The minimum absolute atomic E-state index is 0.0379. The Morgan fingerprint density at radius 2 is 1.92 bits per heavy atom. The second-order valence-corrected chi connectivity index (χ2v) is 6.22.